The van der Waals surface area contributed by atoms with E-state index in [1.165, 1.54) is 30.1 Å². The van der Waals surface area contributed by atoms with Crippen molar-refractivity contribution < 1.29 is 21.9 Å². The molecular formula is C13H14F2N2O3S. The largest absolute Gasteiger partial charge is 0.496 e. The van der Waals surface area contributed by atoms with E-state index in [2.05, 4.69) is 4.98 Å². The monoisotopic (exact) mass is 316 g/mol. The van der Waals surface area contributed by atoms with Crippen LogP contribution >= 0.6 is 0 Å². The minimum Gasteiger partial charge on any atom is -0.496 e. The molecule has 2 aromatic rings. The number of imidazole rings is 1. The van der Waals surface area contributed by atoms with Crippen LogP contribution in [-0.4, -0.2) is 37.1 Å². The molecule has 0 unspecified atom stereocenters. The smallest absolute Gasteiger partial charge is 0.173 e. The molecule has 0 N–H and O–H groups in total. The first-order valence-electron chi connectivity index (χ1n) is 6.04. The van der Waals surface area contributed by atoms with E-state index in [4.69, 9.17) is 4.74 Å². The van der Waals surface area contributed by atoms with Gasteiger partial charge in [0.05, 0.1) is 18.4 Å². The molecule has 0 saturated heterocycles. The first-order chi connectivity index (χ1) is 9.83. The Hall–Kier alpha value is -1.96. The van der Waals surface area contributed by atoms with E-state index in [1.54, 1.807) is 0 Å². The summed E-state index contributed by atoms with van der Waals surface area (Å²) < 4.78 is 56.4. The third kappa shape index (κ3) is 3.38. The average molecular weight is 316 g/mol. The molecule has 0 bridgehead atoms. The molecule has 0 aliphatic carbocycles. The predicted molar refractivity (Wildman–Crippen MR) is 73.8 cm³/mol. The SMILES string of the molecule is COc1ccc(F)c(F)c1-c1nccn1CCS(C)(=O)=O. The highest BCUT2D eigenvalue weighted by molar-refractivity contribution is 7.90. The van der Waals surface area contributed by atoms with Gasteiger partial charge in [-0.05, 0) is 12.1 Å². The molecule has 0 aliphatic heterocycles. The number of aryl methyl sites for hydroxylation is 1. The molecule has 0 radical (unpaired) electrons. The van der Waals surface area contributed by atoms with E-state index in [1.807, 2.05) is 0 Å². The van der Waals surface area contributed by atoms with Gasteiger partial charge in [0.1, 0.15) is 21.4 Å². The van der Waals surface area contributed by atoms with E-state index in [0.717, 1.165) is 12.3 Å². The van der Waals surface area contributed by atoms with E-state index in [-0.39, 0.29) is 29.4 Å². The van der Waals surface area contributed by atoms with Gasteiger partial charge in [0.15, 0.2) is 11.6 Å². The predicted octanol–water partition coefficient (Wildman–Crippen LogP) is 1.88. The lowest BCUT2D eigenvalue weighted by atomic mass is 10.1. The summed E-state index contributed by atoms with van der Waals surface area (Å²) in [6.45, 7) is 0.0905. The number of halogens is 2. The summed E-state index contributed by atoms with van der Waals surface area (Å²) in [4.78, 5) is 3.98. The first kappa shape index (κ1) is 15.4. The number of aromatic nitrogens is 2. The Morgan fingerprint density at radius 2 is 2.05 bits per heavy atom. The van der Waals surface area contributed by atoms with Gasteiger partial charge in [-0.3, -0.25) is 0 Å². The van der Waals surface area contributed by atoms with Crippen molar-refractivity contribution in [2.24, 2.45) is 0 Å². The molecule has 0 fully saturated rings. The second-order valence-electron chi connectivity index (χ2n) is 4.51. The summed E-state index contributed by atoms with van der Waals surface area (Å²) >= 11 is 0. The molecule has 1 aromatic heterocycles. The molecular weight excluding hydrogens is 302 g/mol. The molecule has 8 heteroatoms. The summed E-state index contributed by atoms with van der Waals surface area (Å²) in [5, 5.41) is 0. The van der Waals surface area contributed by atoms with E-state index >= 15 is 0 Å². The van der Waals surface area contributed by atoms with Gasteiger partial charge in [0, 0.05) is 25.2 Å². The van der Waals surface area contributed by atoms with Crippen LogP contribution in [0.1, 0.15) is 0 Å². The van der Waals surface area contributed by atoms with E-state index in [9.17, 15) is 17.2 Å². The van der Waals surface area contributed by atoms with Crippen LogP contribution < -0.4 is 4.74 Å². The van der Waals surface area contributed by atoms with E-state index < -0.39 is 21.5 Å². The van der Waals surface area contributed by atoms with Gasteiger partial charge in [-0.15, -0.1) is 0 Å². The van der Waals surface area contributed by atoms with Crippen molar-refractivity contribution in [3.05, 3.63) is 36.2 Å². The maximum atomic E-state index is 14.0. The second kappa shape index (κ2) is 5.80. The zero-order valence-corrected chi connectivity index (χ0v) is 12.3. The molecule has 0 saturated carbocycles. The fourth-order valence-corrected chi connectivity index (χ4v) is 2.42. The number of hydrogen-bond acceptors (Lipinski definition) is 4. The van der Waals surface area contributed by atoms with Gasteiger partial charge in [0.25, 0.3) is 0 Å². The Labute approximate surface area is 121 Å². The summed E-state index contributed by atoms with van der Waals surface area (Å²) in [5.74, 6) is -1.99. The van der Waals surface area contributed by atoms with Crippen LogP contribution in [0, 0.1) is 11.6 Å². The van der Waals surface area contributed by atoms with Crippen molar-refractivity contribution in [3.63, 3.8) is 0 Å². The molecule has 5 nitrogen and oxygen atoms in total. The van der Waals surface area contributed by atoms with Crippen molar-refractivity contribution in [1.29, 1.82) is 0 Å². The second-order valence-corrected chi connectivity index (χ2v) is 6.77. The average Bonchev–Trinajstić information content (AvgIpc) is 2.86. The number of nitrogens with zero attached hydrogens (tertiary/aromatic N) is 2. The Morgan fingerprint density at radius 3 is 2.67 bits per heavy atom. The molecule has 0 spiro atoms. The third-order valence-electron chi connectivity index (χ3n) is 2.92. The molecule has 0 aliphatic rings. The molecule has 1 aromatic carbocycles. The number of rotatable bonds is 5. The lowest BCUT2D eigenvalue weighted by Crippen LogP contribution is -2.12. The first-order valence-corrected chi connectivity index (χ1v) is 8.10. The standard InChI is InChI=1S/C13H14F2N2O3S/c1-20-10-4-3-9(14)12(15)11(10)13-16-5-6-17(13)7-8-21(2,18)19/h3-6H,7-8H2,1-2H3. The maximum Gasteiger partial charge on any atom is 0.173 e. The summed E-state index contributed by atoms with van der Waals surface area (Å²) in [6, 6.07) is 2.25. The molecule has 2 rings (SSSR count). The van der Waals surface area contributed by atoms with Crippen LogP contribution in [-0.2, 0) is 16.4 Å². The van der Waals surface area contributed by atoms with Gasteiger partial charge in [-0.25, -0.2) is 22.2 Å². The molecule has 114 valence electrons. The fraction of sp³-hybridized carbons (Fsp3) is 0.308. The number of methoxy groups -OCH3 is 1. The maximum absolute atomic E-state index is 14.0. The molecule has 0 amide bonds. The van der Waals surface area contributed by atoms with Crippen LogP contribution in [0.25, 0.3) is 11.4 Å². The zero-order valence-electron chi connectivity index (χ0n) is 11.5. The normalized spacial score (nSPS) is 11.6. The Morgan fingerprint density at radius 1 is 1.33 bits per heavy atom. The summed E-state index contributed by atoms with van der Waals surface area (Å²) in [6.07, 6.45) is 4.00. The summed E-state index contributed by atoms with van der Waals surface area (Å²) in [7, 11) is -1.85. The van der Waals surface area contributed by atoms with Crippen molar-refractivity contribution in [3.8, 4) is 17.1 Å². The number of ether oxygens (including phenoxy) is 1. The fourth-order valence-electron chi connectivity index (χ4n) is 1.89. The number of sulfone groups is 1. The highest BCUT2D eigenvalue weighted by atomic mass is 32.2. The van der Waals surface area contributed by atoms with Crippen molar-refractivity contribution >= 4 is 9.84 Å². The highest BCUT2D eigenvalue weighted by Crippen LogP contribution is 2.32. The number of hydrogen-bond donors (Lipinski definition) is 0. The van der Waals surface area contributed by atoms with Gasteiger partial charge in [0.2, 0.25) is 0 Å². The van der Waals surface area contributed by atoms with Gasteiger partial charge >= 0.3 is 0 Å². The molecule has 1 heterocycles. The minimum atomic E-state index is -3.18. The lowest BCUT2D eigenvalue weighted by Gasteiger charge is -2.12. The third-order valence-corrected chi connectivity index (χ3v) is 3.84. The topological polar surface area (TPSA) is 61.2 Å². The van der Waals surface area contributed by atoms with Crippen LogP contribution in [0.3, 0.4) is 0 Å². The number of benzene rings is 1. The van der Waals surface area contributed by atoms with Crippen LogP contribution in [0.2, 0.25) is 0 Å². The van der Waals surface area contributed by atoms with Crippen molar-refractivity contribution in [1.82, 2.24) is 9.55 Å². The van der Waals surface area contributed by atoms with Gasteiger partial charge in [-0.2, -0.15) is 0 Å². The van der Waals surface area contributed by atoms with E-state index in [0.29, 0.717) is 0 Å². The van der Waals surface area contributed by atoms with Gasteiger partial charge < -0.3 is 9.30 Å². The van der Waals surface area contributed by atoms with Crippen LogP contribution in [0.15, 0.2) is 24.5 Å². The Bertz CT molecular complexity index is 757. The molecule has 21 heavy (non-hydrogen) atoms. The minimum absolute atomic E-state index is 0.0905. The Kier molecular flexibility index (Phi) is 4.26. The zero-order chi connectivity index (χ0) is 15.6. The van der Waals surface area contributed by atoms with Crippen LogP contribution in [0.4, 0.5) is 8.78 Å². The lowest BCUT2D eigenvalue weighted by molar-refractivity contribution is 0.408. The summed E-state index contributed by atoms with van der Waals surface area (Å²) in [5.41, 5.74) is -0.129. The Balaban J connectivity index is 2.49. The highest BCUT2D eigenvalue weighted by Gasteiger charge is 2.20. The molecule has 0 atom stereocenters. The van der Waals surface area contributed by atoms with Crippen LogP contribution in [0.5, 0.6) is 5.75 Å². The van der Waals surface area contributed by atoms with Crippen molar-refractivity contribution in [2.45, 2.75) is 6.54 Å². The van der Waals surface area contributed by atoms with Crippen molar-refractivity contribution in [2.75, 3.05) is 19.1 Å². The van der Waals surface area contributed by atoms with Gasteiger partial charge in [-0.1, -0.05) is 0 Å². The quantitative estimate of drug-likeness (QED) is 0.845.